The van der Waals surface area contributed by atoms with Gasteiger partial charge < -0.3 is 9.47 Å². The van der Waals surface area contributed by atoms with E-state index in [0.717, 1.165) is 11.3 Å². The van der Waals surface area contributed by atoms with Gasteiger partial charge in [-0.3, -0.25) is 0 Å². The Morgan fingerprint density at radius 3 is 2.26 bits per heavy atom. The van der Waals surface area contributed by atoms with E-state index in [-0.39, 0.29) is 0 Å². The molecule has 0 N–H and O–H groups in total. The summed E-state index contributed by atoms with van der Waals surface area (Å²) in [7, 11) is 0. The quantitative estimate of drug-likeness (QED) is 0.818. The van der Waals surface area contributed by atoms with Gasteiger partial charge in [-0.25, -0.2) is 0 Å². The number of nitrogens with zero attached hydrogens (tertiary/aromatic N) is 1. The molecule has 0 aliphatic rings. The Kier molecular flexibility index (Phi) is 4.41. The van der Waals surface area contributed by atoms with Crippen LogP contribution < -0.4 is 9.47 Å². The average Bonchev–Trinajstić information content (AvgIpc) is 2.47. The lowest BCUT2D eigenvalue weighted by molar-refractivity contribution is 0.274. The molecule has 0 aliphatic heterocycles. The van der Waals surface area contributed by atoms with Crippen LogP contribution in [0.3, 0.4) is 0 Å². The van der Waals surface area contributed by atoms with Crippen molar-refractivity contribution >= 4 is 0 Å². The van der Waals surface area contributed by atoms with Gasteiger partial charge in [0.15, 0.2) is 6.10 Å². The van der Waals surface area contributed by atoms with E-state index in [2.05, 4.69) is 0 Å². The molecule has 1 atom stereocenters. The summed E-state index contributed by atoms with van der Waals surface area (Å²) in [6.07, 6.45) is -0.448. The third-order valence-corrected chi connectivity index (χ3v) is 2.57. The smallest absolute Gasteiger partial charge is 0.181 e. The standard InChI is InChI=1S/C16H15NO2/c1-13(11-17)19-16-9-7-15(8-10-16)18-12-14-5-3-2-4-6-14/h2-10,13H,12H2,1H3. The van der Waals surface area contributed by atoms with Gasteiger partial charge in [0.25, 0.3) is 0 Å². The Labute approximate surface area is 113 Å². The van der Waals surface area contributed by atoms with E-state index in [4.69, 9.17) is 14.7 Å². The fraction of sp³-hybridized carbons (Fsp3) is 0.188. The van der Waals surface area contributed by atoms with E-state index in [1.165, 1.54) is 0 Å². The van der Waals surface area contributed by atoms with Crippen molar-refractivity contribution in [3.63, 3.8) is 0 Å². The molecule has 2 aromatic rings. The molecule has 3 heteroatoms. The Hall–Kier alpha value is -2.47. The number of nitriles is 1. The molecule has 3 nitrogen and oxygen atoms in total. The summed E-state index contributed by atoms with van der Waals surface area (Å²) in [4.78, 5) is 0. The maximum atomic E-state index is 8.66. The van der Waals surface area contributed by atoms with Crippen LogP contribution in [0.15, 0.2) is 54.6 Å². The fourth-order valence-electron chi connectivity index (χ4n) is 1.59. The minimum absolute atomic E-state index is 0.448. The van der Waals surface area contributed by atoms with Crippen molar-refractivity contribution < 1.29 is 9.47 Å². The number of rotatable bonds is 5. The summed E-state index contributed by atoms with van der Waals surface area (Å²) >= 11 is 0. The summed E-state index contributed by atoms with van der Waals surface area (Å²) in [5.41, 5.74) is 1.13. The maximum absolute atomic E-state index is 8.66. The van der Waals surface area contributed by atoms with Crippen LogP contribution in [0.5, 0.6) is 11.5 Å². The van der Waals surface area contributed by atoms with Crippen molar-refractivity contribution in [1.82, 2.24) is 0 Å². The minimum Gasteiger partial charge on any atom is -0.489 e. The van der Waals surface area contributed by atoms with Crippen LogP contribution in [0.1, 0.15) is 12.5 Å². The van der Waals surface area contributed by atoms with Crippen LogP contribution in [0.2, 0.25) is 0 Å². The van der Waals surface area contributed by atoms with Gasteiger partial charge in [0.1, 0.15) is 24.2 Å². The molecule has 0 fully saturated rings. The van der Waals surface area contributed by atoms with Gasteiger partial charge in [-0.05, 0) is 36.8 Å². The lowest BCUT2D eigenvalue weighted by atomic mass is 10.2. The summed E-state index contributed by atoms with van der Waals surface area (Å²) in [6.45, 7) is 2.25. The molecule has 0 radical (unpaired) electrons. The van der Waals surface area contributed by atoms with Gasteiger partial charge in [-0.15, -0.1) is 0 Å². The molecule has 0 heterocycles. The molecule has 0 aliphatic carbocycles. The van der Waals surface area contributed by atoms with Crippen molar-refractivity contribution in [1.29, 1.82) is 5.26 Å². The first kappa shape index (κ1) is 13.0. The summed E-state index contributed by atoms with van der Waals surface area (Å²) in [5, 5.41) is 8.66. The van der Waals surface area contributed by atoms with E-state index in [9.17, 15) is 0 Å². The summed E-state index contributed by atoms with van der Waals surface area (Å²) in [6, 6.07) is 19.3. The Morgan fingerprint density at radius 1 is 1.00 bits per heavy atom. The molecule has 1 unspecified atom stereocenters. The van der Waals surface area contributed by atoms with Gasteiger partial charge in [0, 0.05) is 0 Å². The second kappa shape index (κ2) is 6.46. The normalized spacial score (nSPS) is 11.4. The molecule has 2 rings (SSSR count). The monoisotopic (exact) mass is 253 g/mol. The number of ether oxygens (including phenoxy) is 2. The third-order valence-electron chi connectivity index (χ3n) is 2.57. The molecule has 19 heavy (non-hydrogen) atoms. The van der Waals surface area contributed by atoms with Crippen LogP contribution >= 0.6 is 0 Å². The molecular formula is C16H15NO2. The van der Waals surface area contributed by atoms with Crippen molar-refractivity contribution in [2.45, 2.75) is 19.6 Å². The number of hydrogen-bond donors (Lipinski definition) is 0. The Balaban J connectivity index is 1.90. The van der Waals surface area contributed by atoms with Gasteiger partial charge in [0.2, 0.25) is 0 Å². The lowest BCUT2D eigenvalue weighted by Crippen LogP contribution is -2.07. The average molecular weight is 253 g/mol. The van der Waals surface area contributed by atoms with E-state index in [0.29, 0.717) is 12.4 Å². The first-order valence-corrected chi connectivity index (χ1v) is 6.11. The molecule has 96 valence electrons. The zero-order chi connectivity index (χ0) is 13.5. The van der Waals surface area contributed by atoms with E-state index < -0.39 is 6.10 Å². The Morgan fingerprint density at radius 2 is 1.63 bits per heavy atom. The zero-order valence-electron chi connectivity index (χ0n) is 10.7. The molecule has 0 bridgehead atoms. The third kappa shape index (κ3) is 4.04. The second-order valence-corrected chi connectivity index (χ2v) is 4.13. The lowest BCUT2D eigenvalue weighted by Gasteiger charge is -2.09. The van der Waals surface area contributed by atoms with Crippen molar-refractivity contribution in [2.24, 2.45) is 0 Å². The minimum atomic E-state index is -0.448. The van der Waals surface area contributed by atoms with Crippen molar-refractivity contribution in [2.75, 3.05) is 0 Å². The maximum Gasteiger partial charge on any atom is 0.181 e. The highest BCUT2D eigenvalue weighted by Gasteiger charge is 2.02. The highest BCUT2D eigenvalue weighted by molar-refractivity contribution is 5.32. The van der Waals surface area contributed by atoms with Crippen molar-refractivity contribution in [3.05, 3.63) is 60.2 Å². The summed E-state index contributed by atoms with van der Waals surface area (Å²) in [5.74, 6) is 1.45. The SMILES string of the molecule is CC(C#N)Oc1ccc(OCc2ccccc2)cc1. The van der Waals surface area contributed by atoms with Gasteiger partial charge in [-0.2, -0.15) is 5.26 Å². The molecule has 0 amide bonds. The number of benzene rings is 2. The molecule has 0 spiro atoms. The predicted octanol–water partition coefficient (Wildman–Crippen LogP) is 3.56. The molecule has 0 saturated heterocycles. The van der Waals surface area contributed by atoms with Crippen molar-refractivity contribution in [3.8, 4) is 17.6 Å². The highest BCUT2D eigenvalue weighted by atomic mass is 16.5. The van der Waals surface area contributed by atoms with Crippen LogP contribution in [-0.2, 0) is 6.61 Å². The van der Waals surface area contributed by atoms with Crippen LogP contribution in [0, 0.1) is 11.3 Å². The van der Waals surface area contributed by atoms with Crippen LogP contribution in [0.4, 0.5) is 0 Å². The van der Waals surface area contributed by atoms with Crippen LogP contribution in [0.25, 0.3) is 0 Å². The second-order valence-electron chi connectivity index (χ2n) is 4.13. The molecule has 0 saturated carbocycles. The van der Waals surface area contributed by atoms with E-state index in [1.54, 1.807) is 19.1 Å². The van der Waals surface area contributed by atoms with E-state index in [1.807, 2.05) is 48.5 Å². The summed E-state index contributed by atoms with van der Waals surface area (Å²) < 4.78 is 11.0. The van der Waals surface area contributed by atoms with Gasteiger partial charge in [0.05, 0.1) is 0 Å². The first-order valence-electron chi connectivity index (χ1n) is 6.11. The van der Waals surface area contributed by atoms with Crippen LogP contribution in [-0.4, -0.2) is 6.10 Å². The topological polar surface area (TPSA) is 42.2 Å². The number of hydrogen-bond acceptors (Lipinski definition) is 3. The largest absolute Gasteiger partial charge is 0.489 e. The predicted molar refractivity (Wildman–Crippen MR) is 72.9 cm³/mol. The molecule has 0 aromatic heterocycles. The van der Waals surface area contributed by atoms with Gasteiger partial charge in [-0.1, -0.05) is 30.3 Å². The highest BCUT2D eigenvalue weighted by Crippen LogP contribution is 2.19. The van der Waals surface area contributed by atoms with Gasteiger partial charge >= 0.3 is 0 Å². The van der Waals surface area contributed by atoms with E-state index >= 15 is 0 Å². The fourth-order valence-corrected chi connectivity index (χ4v) is 1.59. The molecular weight excluding hydrogens is 238 g/mol. The molecule has 2 aromatic carbocycles. The Bertz CT molecular complexity index is 543. The zero-order valence-corrected chi connectivity index (χ0v) is 10.7. The first-order chi connectivity index (χ1) is 9.28.